The highest BCUT2D eigenvalue weighted by Crippen LogP contribution is 2.33. The lowest BCUT2D eigenvalue weighted by Gasteiger charge is -2.18. The number of nitrogens with zero attached hydrogens (tertiary/aromatic N) is 3. The van der Waals surface area contributed by atoms with E-state index in [1.54, 1.807) is 12.1 Å². The third-order valence-electron chi connectivity index (χ3n) is 4.07. The lowest BCUT2D eigenvalue weighted by Crippen LogP contribution is -2.40. The van der Waals surface area contributed by atoms with E-state index in [4.69, 9.17) is 17.1 Å². The predicted molar refractivity (Wildman–Crippen MR) is 94.0 cm³/mol. The Morgan fingerprint density at radius 1 is 1.23 bits per heavy atom. The van der Waals surface area contributed by atoms with Crippen molar-refractivity contribution in [2.75, 3.05) is 5.32 Å². The first-order valence-electron chi connectivity index (χ1n) is 7.68. The Hall–Kier alpha value is -3.09. The number of fused-ring (bicyclic) bond motifs is 1. The van der Waals surface area contributed by atoms with E-state index in [0.717, 1.165) is 17.2 Å². The van der Waals surface area contributed by atoms with Crippen molar-refractivity contribution in [1.82, 2.24) is 5.32 Å². The van der Waals surface area contributed by atoms with E-state index in [1.807, 2.05) is 12.1 Å². The van der Waals surface area contributed by atoms with Gasteiger partial charge in [0.25, 0.3) is 0 Å². The van der Waals surface area contributed by atoms with Gasteiger partial charge < -0.3 is 10.6 Å². The fraction of sp³-hybridized carbons (Fsp3) is 0.176. The van der Waals surface area contributed by atoms with Crippen molar-refractivity contribution >= 4 is 29.1 Å². The summed E-state index contributed by atoms with van der Waals surface area (Å²) in [5.74, 6) is -2.59. The van der Waals surface area contributed by atoms with Crippen LogP contribution >= 0.6 is 11.6 Å². The Labute approximate surface area is 152 Å². The van der Waals surface area contributed by atoms with E-state index in [2.05, 4.69) is 20.7 Å². The van der Waals surface area contributed by atoms with Crippen molar-refractivity contribution in [2.24, 2.45) is 5.11 Å². The van der Waals surface area contributed by atoms with E-state index in [1.165, 1.54) is 12.1 Å². The van der Waals surface area contributed by atoms with Crippen LogP contribution in [0.1, 0.15) is 17.2 Å². The Morgan fingerprint density at radius 3 is 2.73 bits per heavy atom. The van der Waals surface area contributed by atoms with Crippen molar-refractivity contribution in [3.63, 3.8) is 0 Å². The highest BCUT2D eigenvalue weighted by Gasteiger charge is 2.34. The molecule has 2 N–H and O–H groups in total. The Balaban J connectivity index is 1.74. The van der Waals surface area contributed by atoms with Crippen LogP contribution in [0, 0.1) is 5.82 Å². The molecule has 7 nitrogen and oxygen atoms in total. The molecular formula is C17H13ClFN5O2. The van der Waals surface area contributed by atoms with Gasteiger partial charge in [-0.05, 0) is 41.3 Å². The molecule has 3 rings (SSSR count). The molecule has 2 atom stereocenters. The van der Waals surface area contributed by atoms with Gasteiger partial charge >= 0.3 is 11.8 Å². The normalized spacial score (nSPS) is 17.8. The maximum absolute atomic E-state index is 13.4. The number of halogens is 2. The van der Waals surface area contributed by atoms with Gasteiger partial charge in [0, 0.05) is 10.6 Å². The molecule has 0 bridgehead atoms. The SMILES string of the molecule is [N-]=[N+]=N[C@H]1Cc2ccccc2[C@@H]1NC(=O)C(=O)Nc1ccc(Cl)c(F)c1. The van der Waals surface area contributed by atoms with Crippen LogP contribution in [-0.4, -0.2) is 17.9 Å². The summed E-state index contributed by atoms with van der Waals surface area (Å²) in [4.78, 5) is 27.1. The molecule has 0 radical (unpaired) electrons. The van der Waals surface area contributed by atoms with Crippen molar-refractivity contribution in [3.05, 3.63) is 74.9 Å². The van der Waals surface area contributed by atoms with Crippen LogP contribution in [0.15, 0.2) is 47.6 Å². The smallest absolute Gasteiger partial charge is 0.313 e. The number of hydrogen-bond donors (Lipinski definition) is 2. The zero-order chi connectivity index (χ0) is 18.7. The number of carbonyl (C=O) groups is 2. The van der Waals surface area contributed by atoms with E-state index >= 15 is 0 Å². The maximum atomic E-state index is 13.4. The lowest BCUT2D eigenvalue weighted by atomic mass is 10.1. The molecule has 9 heteroatoms. The number of hydrogen-bond acceptors (Lipinski definition) is 3. The van der Waals surface area contributed by atoms with Crippen LogP contribution < -0.4 is 10.6 Å². The molecular weight excluding hydrogens is 361 g/mol. The highest BCUT2D eigenvalue weighted by molar-refractivity contribution is 6.39. The second-order valence-corrected chi connectivity index (χ2v) is 6.12. The van der Waals surface area contributed by atoms with Gasteiger partial charge in [-0.3, -0.25) is 9.59 Å². The molecule has 1 aliphatic rings. The van der Waals surface area contributed by atoms with E-state index in [-0.39, 0.29) is 10.7 Å². The van der Waals surface area contributed by atoms with Gasteiger partial charge in [-0.25, -0.2) is 4.39 Å². The second kappa shape index (κ2) is 7.43. The topological polar surface area (TPSA) is 107 Å². The minimum atomic E-state index is -0.962. The van der Waals surface area contributed by atoms with Gasteiger partial charge in [0.2, 0.25) is 0 Å². The zero-order valence-electron chi connectivity index (χ0n) is 13.3. The monoisotopic (exact) mass is 373 g/mol. The molecule has 0 fully saturated rings. The lowest BCUT2D eigenvalue weighted by molar-refractivity contribution is -0.136. The first kappa shape index (κ1) is 17.7. The number of nitrogens with one attached hydrogen (secondary N) is 2. The molecule has 2 aromatic carbocycles. The van der Waals surface area contributed by atoms with E-state index in [9.17, 15) is 14.0 Å². The van der Waals surface area contributed by atoms with Gasteiger partial charge in [-0.15, -0.1) is 0 Å². The summed E-state index contributed by atoms with van der Waals surface area (Å²) in [6.07, 6.45) is 0.467. The molecule has 0 unspecified atom stereocenters. The second-order valence-electron chi connectivity index (χ2n) is 5.71. The van der Waals surface area contributed by atoms with Crippen LogP contribution in [0.5, 0.6) is 0 Å². The molecule has 1 aliphatic carbocycles. The molecule has 0 saturated carbocycles. The van der Waals surface area contributed by atoms with Gasteiger partial charge in [0.05, 0.1) is 17.1 Å². The van der Waals surface area contributed by atoms with Gasteiger partial charge in [0.15, 0.2) is 0 Å². The highest BCUT2D eigenvalue weighted by atomic mass is 35.5. The van der Waals surface area contributed by atoms with Crippen LogP contribution in [0.25, 0.3) is 10.4 Å². The first-order chi connectivity index (χ1) is 12.5. The number of benzene rings is 2. The fourth-order valence-corrected chi connectivity index (χ4v) is 3.01. The number of carbonyl (C=O) groups excluding carboxylic acids is 2. The molecule has 26 heavy (non-hydrogen) atoms. The van der Waals surface area contributed by atoms with Crippen LogP contribution in [0.4, 0.5) is 10.1 Å². The summed E-state index contributed by atoms with van der Waals surface area (Å²) >= 11 is 5.58. The summed E-state index contributed by atoms with van der Waals surface area (Å²) in [5.41, 5.74) is 10.6. The fourth-order valence-electron chi connectivity index (χ4n) is 2.89. The van der Waals surface area contributed by atoms with Crippen molar-refractivity contribution in [1.29, 1.82) is 0 Å². The van der Waals surface area contributed by atoms with Crippen molar-refractivity contribution < 1.29 is 14.0 Å². The summed E-state index contributed by atoms with van der Waals surface area (Å²) in [6.45, 7) is 0. The molecule has 2 amide bonds. The Bertz CT molecular complexity index is 929. The summed E-state index contributed by atoms with van der Waals surface area (Å²) < 4.78 is 13.4. The standard InChI is InChI=1S/C17H13ClFN5O2/c18-12-6-5-10(8-13(12)19)21-16(25)17(26)22-15-11-4-2-1-3-9(11)7-14(15)23-24-20/h1-6,8,14-15H,7H2,(H,21,25)(H,22,26)/t14-,15-/m0/s1. The predicted octanol–water partition coefficient (Wildman–Crippen LogP) is 3.51. The summed E-state index contributed by atoms with van der Waals surface area (Å²) in [5, 5.41) is 8.50. The average Bonchev–Trinajstić information content (AvgIpc) is 2.96. The number of anilines is 1. The van der Waals surface area contributed by atoms with Crippen molar-refractivity contribution in [2.45, 2.75) is 18.5 Å². The molecule has 2 aromatic rings. The van der Waals surface area contributed by atoms with Crippen molar-refractivity contribution in [3.8, 4) is 0 Å². The molecule has 0 aromatic heterocycles. The molecule has 0 spiro atoms. The minimum Gasteiger partial charge on any atom is -0.341 e. The van der Waals surface area contributed by atoms with E-state index < -0.39 is 29.7 Å². The minimum absolute atomic E-state index is 0.0905. The molecule has 132 valence electrons. The Morgan fingerprint density at radius 2 is 2.00 bits per heavy atom. The third-order valence-corrected chi connectivity index (χ3v) is 4.38. The van der Waals surface area contributed by atoms with Crippen LogP contribution in [-0.2, 0) is 16.0 Å². The summed E-state index contributed by atoms with van der Waals surface area (Å²) in [6, 6.07) is 9.85. The largest absolute Gasteiger partial charge is 0.341 e. The molecule has 0 heterocycles. The van der Waals surface area contributed by atoms with Gasteiger partial charge in [0.1, 0.15) is 5.82 Å². The summed E-state index contributed by atoms with van der Waals surface area (Å²) in [7, 11) is 0. The average molecular weight is 374 g/mol. The quantitative estimate of drug-likeness (QED) is 0.371. The maximum Gasteiger partial charge on any atom is 0.313 e. The molecule has 0 saturated heterocycles. The number of azide groups is 1. The van der Waals surface area contributed by atoms with Gasteiger partial charge in [-0.2, -0.15) is 0 Å². The zero-order valence-corrected chi connectivity index (χ0v) is 14.1. The van der Waals surface area contributed by atoms with Crippen LogP contribution in [0.3, 0.4) is 0 Å². The van der Waals surface area contributed by atoms with Crippen LogP contribution in [0.2, 0.25) is 5.02 Å². The first-order valence-corrected chi connectivity index (χ1v) is 8.06. The number of amides is 2. The Kier molecular flexibility index (Phi) is 5.06. The third kappa shape index (κ3) is 3.61. The van der Waals surface area contributed by atoms with Gasteiger partial charge in [-0.1, -0.05) is 41.0 Å². The molecule has 0 aliphatic heterocycles. The number of rotatable bonds is 3. The van der Waals surface area contributed by atoms with E-state index in [0.29, 0.717) is 6.42 Å².